The lowest BCUT2D eigenvalue weighted by Crippen LogP contribution is -2.40. The third-order valence-corrected chi connectivity index (χ3v) is 3.04. The van der Waals surface area contributed by atoms with Gasteiger partial charge in [-0.3, -0.25) is 0 Å². The summed E-state index contributed by atoms with van der Waals surface area (Å²) in [5.74, 6) is 0.761. The fraction of sp³-hybridized carbons (Fsp3) is 0.643. The zero-order valence-corrected chi connectivity index (χ0v) is 12.5. The molecule has 1 aliphatic heterocycles. The van der Waals surface area contributed by atoms with E-state index in [1.54, 1.807) is 0 Å². The maximum atomic E-state index is 11.7. The minimum Gasteiger partial charge on any atom is -0.444 e. The lowest BCUT2D eigenvalue weighted by atomic mass is 10.2. The second-order valence-corrected chi connectivity index (χ2v) is 6.07. The predicted molar refractivity (Wildman–Crippen MR) is 76.8 cm³/mol. The summed E-state index contributed by atoms with van der Waals surface area (Å²) in [6.07, 6.45) is 4.17. The molecule has 0 radical (unpaired) electrons. The standard InChI is InChI=1S/C14H22N4O2/c1-10-15-7-12(8-16-10)18-6-5-11(9-18)17-13(19)20-14(2,3)4/h7-8,11H,5-6,9H2,1-4H3,(H,17,19)/t11-/m1/s1. The summed E-state index contributed by atoms with van der Waals surface area (Å²) in [6.45, 7) is 9.07. The Morgan fingerprint density at radius 2 is 2.05 bits per heavy atom. The number of nitrogens with zero attached hydrogens (tertiary/aromatic N) is 3. The Balaban J connectivity index is 1.86. The summed E-state index contributed by atoms with van der Waals surface area (Å²) >= 11 is 0. The normalized spacial score (nSPS) is 19.0. The monoisotopic (exact) mass is 278 g/mol. The van der Waals surface area contributed by atoms with Gasteiger partial charge in [-0.25, -0.2) is 14.8 Å². The van der Waals surface area contributed by atoms with E-state index in [-0.39, 0.29) is 12.1 Å². The Bertz CT molecular complexity index is 467. The number of ether oxygens (including phenoxy) is 1. The van der Waals surface area contributed by atoms with Crippen molar-refractivity contribution in [3.63, 3.8) is 0 Å². The molecule has 1 saturated heterocycles. The molecule has 0 aliphatic carbocycles. The minimum absolute atomic E-state index is 0.103. The summed E-state index contributed by atoms with van der Waals surface area (Å²) in [4.78, 5) is 22.3. The highest BCUT2D eigenvalue weighted by Crippen LogP contribution is 2.19. The smallest absolute Gasteiger partial charge is 0.407 e. The van der Waals surface area contributed by atoms with E-state index in [9.17, 15) is 4.79 Å². The highest BCUT2D eigenvalue weighted by molar-refractivity contribution is 5.68. The molecular formula is C14H22N4O2. The van der Waals surface area contributed by atoms with E-state index in [0.29, 0.717) is 0 Å². The number of amides is 1. The molecule has 110 valence electrons. The van der Waals surface area contributed by atoms with Crippen molar-refractivity contribution >= 4 is 11.8 Å². The van der Waals surface area contributed by atoms with E-state index in [4.69, 9.17) is 4.74 Å². The molecule has 0 bridgehead atoms. The van der Waals surface area contributed by atoms with Gasteiger partial charge in [0.1, 0.15) is 11.4 Å². The van der Waals surface area contributed by atoms with Gasteiger partial charge in [0.2, 0.25) is 0 Å². The molecule has 20 heavy (non-hydrogen) atoms. The Morgan fingerprint density at radius 1 is 1.40 bits per heavy atom. The second-order valence-electron chi connectivity index (χ2n) is 6.07. The van der Waals surface area contributed by atoms with E-state index in [1.807, 2.05) is 40.1 Å². The molecule has 2 heterocycles. The maximum Gasteiger partial charge on any atom is 0.407 e. The Labute approximate surface area is 119 Å². The average molecular weight is 278 g/mol. The molecule has 1 aromatic heterocycles. The summed E-state index contributed by atoms with van der Waals surface area (Å²) < 4.78 is 5.26. The zero-order valence-electron chi connectivity index (χ0n) is 12.5. The summed E-state index contributed by atoms with van der Waals surface area (Å²) in [5, 5.41) is 2.90. The molecule has 0 unspecified atom stereocenters. The van der Waals surface area contributed by atoms with Gasteiger partial charge < -0.3 is 15.0 Å². The van der Waals surface area contributed by atoms with Crippen LogP contribution in [0.3, 0.4) is 0 Å². The topological polar surface area (TPSA) is 67.4 Å². The first kappa shape index (κ1) is 14.6. The van der Waals surface area contributed by atoms with Crippen LogP contribution >= 0.6 is 0 Å². The third kappa shape index (κ3) is 4.08. The lowest BCUT2D eigenvalue weighted by molar-refractivity contribution is 0.0509. The van der Waals surface area contributed by atoms with Crippen LogP contribution in [0.5, 0.6) is 0 Å². The van der Waals surface area contributed by atoms with Crippen molar-refractivity contribution in [2.24, 2.45) is 0 Å². The van der Waals surface area contributed by atoms with Crippen molar-refractivity contribution in [1.29, 1.82) is 0 Å². The first-order chi connectivity index (χ1) is 9.33. The van der Waals surface area contributed by atoms with Gasteiger partial charge in [0, 0.05) is 13.1 Å². The molecule has 6 nitrogen and oxygen atoms in total. The SMILES string of the molecule is Cc1ncc(N2CC[C@@H](NC(=O)OC(C)(C)C)C2)cn1. The molecule has 0 spiro atoms. The summed E-state index contributed by atoms with van der Waals surface area (Å²) in [5.41, 5.74) is 0.525. The number of alkyl carbamates (subject to hydrolysis) is 1. The largest absolute Gasteiger partial charge is 0.444 e. The number of nitrogens with one attached hydrogen (secondary N) is 1. The van der Waals surface area contributed by atoms with E-state index in [2.05, 4.69) is 20.2 Å². The molecular weight excluding hydrogens is 256 g/mol. The van der Waals surface area contributed by atoms with E-state index in [1.165, 1.54) is 0 Å². The van der Waals surface area contributed by atoms with Gasteiger partial charge in [-0.05, 0) is 34.1 Å². The third-order valence-electron chi connectivity index (χ3n) is 3.04. The van der Waals surface area contributed by atoms with Crippen molar-refractivity contribution in [3.05, 3.63) is 18.2 Å². The number of hydrogen-bond acceptors (Lipinski definition) is 5. The first-order valence-electron chi connectivity index (χ1n) is 6.86. The van der Waals surface area contributed by atoms with Gasteiger partial charge in [0.15, 0.2) is 0 Å². The second kappa shape index (κ2) is 5.64. The van der Waals surface area contributed by atoms with Crippen LogP contribution in [-0.4, -0.2) is 40.8 Å². The van der Waals surface area contributed by atoms with Gasteiger partial charge in [-0.1, -0.05) is 0 Å². The van der Waals surface area contributed by atoms with Crippen LogP contribution in [0, 0.1) is 6.92 Å². The Morgan fingerprint density at radius 3 is 2.65 bits per heavy atom. The van der Waals surface area contributed by atoms with E-state index >= 15 is 0 Å². The van der Waals surface area contributed by atoms with Crippen molar-refractivity contribution in [2.75, 3.05) is 18.0 Å². The molecule has 1 amide bonds. The van der Waals surface area contributed by atoms with Gasteiger partial charge in [-0.2, -0.15) is 0 Å². The molecule has 1 aromatic rings. The fourth-order valence-electron chi connectivity index (χ4n) is 2.14. The van der Waals surface area contributed by atoms with Crippen molar-refractivity contribution < 1.29 is 9.53 Å². The number of anilines is 1. The van der Waals surface area contributed by atoms with E-state index < -0.39 is 5.60 Å². The number of carbonyl (C=O) groups excluding carboxylic acids is 1. The minimum atomic E-state index is -0.465. The molecule has 1 N–H and O–H groups in total. The van der Waals surface area contributed by atoms with Crippen molar-refractivity contribution in [2.45, 2.75) is 45.8 Å². The average Bonchev–Trinajstić information content (AvgIpc) is 2.75. The summed E-state index contributed by atoms with van der Waals surface area (Å²) in [7, 11) is 0. The lowest BCUT2D eigenvalue weighted by Gasteiger charge is -2.22. The van der Waals surface area contributed by atoms with Crippen LogP contribution in [0.25, 0.3) is 0 Å². The number of aryl methyl sites for hydroxylation is 1. The predicted octanol–water partition coefficient (Wildman–Crippen LogP) is 1.89. The van der Waals surface area contributed by atoms with Crippen molar-refractivity contribution in [3.8, 4) is 0 Å². The molecule has 1 atom stereocenters. The van der Waals surface area contributed by atoms with E-state index in [0.717, 1.165) is 31.0 Å². The van der Waals surface area contributed by atoms with Crippen LogP contribution < -0.4 is 10.2 Å². The molecule has 2 rings (SSSR count). The highest BCUT2D eigenvalue weighted by atomic mass is 16.6. The molecule has 6 heteroatoms. The highest BCUT2D eigenvalue weighted by Gasteiger charge is 2.26. The molecule has 0 saturated carbocycles. The summed E-state index contributed by atoms with van der Waals surface area (Å²) in [6, 6.07) is 0.103. The Kier molecular flexibility index (Phi) is 4.11. The van der Waals surface area contributed by atoms with Crippen LogP contribution in [0.15, 0.2) is 12.4 Å². The number of aromatic nitrogens is 2. The maximum absolute atomic E-state index is 11.7. The van der Waals surface area contributed by atoms with Crippen LogP contribution in [0.4, 0.5) is 10.5 Å². The van der Waals surface area contributed by atoms with Crippen LogP contribution in [0.2, 0.25) is 0 Å². The van der Waals surface area contributed by atoms with Gasteiger partial charge in [0.25, 0.3) is 0 Å². The van der Waals surface area contributed by atoms with Crippen LogP contribution in [0.1, 0.15) is 33.0 Å². The number of rotatable bonds is 2. The van der Waals surface area contributed by atoms with Gasteiger partial charge in [0.05, 0.1) is 24.1 Å². The molecule has 0 aromatic carbocycles. The van der Waals surface area contributed by atoms with Crippen molar-refractivity contribution in [1.82, 2.24) is 15.3 Å². The number of hydrogen-bond donors (Lipinski definition) is 1. The Hall–Kier alpha value is -1.85. The van der Waals surface area contributed by atoms with Crippen LogP contribution in [-0.2, 0) is 4.74 Å². The van der Waals surface area contributed by atoms with Gasteiger partial charge >= 0.3 is 6.09 Å². The molecule has 1 fully saturated rings. The fourth-order valence-corrected chi connectivity index (χ4v) is 2.14. The first-order valence-corrected chi connectivity index (χ1v) is 6.86. The zero-order chi connectivity index (χ0) is 14.8. The quantitative estimate of drug-likeness (QED) is 0.894. The number of carbonyl (C=O) groups is 1. The molecule has 1 aliphatic rings. The van der Waals surface area contributed by atoms with Gasteiger partial charge in [-0.15, -0.1) is 0 Å².